The lowest BCUT2D eigenvalue weighted by atomic mass is 9.98. The van der Waals surface area contributed by atoms with Crippen molar-refractivity contribution in [3.8, 4) is 0 Å². The third-order valence-corrected chi connectivity index (χ3v) is 3.86. The Balaban J connectivity index is 0.00000144. The molecule has 1 amide bonds. The summed E-state index contributed by atoms with van der Waals surface area (Å²) in [6.45, 7) is 3.91. The first-order valence-corrected chi connectivity index (χ1v) is 6.87. The van der Waals surface area contributed by atoms with Gasteiger partial charge in [-0.25, -0.2) is 0 Å². The van der Waals surface area contributed by atoms with Crippen molar-refractivity contribution in [2.45, 2.75) is 44.9 Å². The van der Waals surface area contributed by atoms with Crippen molar-refractivity contribution in [2.75, 3.05) is 26.2 Å². The van der Waals surface area contributed by atoms with E-state index in [-0.39, 0.29) is 12.4 Å². The molecule has 0 aromatic heterocycles. The Morgan fingerprint density at radius 3 is 2.35 bits per heavy atom. The summed E-state index contributed by atoms with van der Waals surface area (Å²) in [5, 5.41) is 3.35. The normalized spacial score (nSPS) is 23.4. The predicted octanol–water partition coefficient (Wildman–Crippen LogP) is 2.20. The maximum absolute atomic E-state index is 12.4. The van der Waals surface area contributed by atoms with Gasteiger partial charge >= 0.3 is 0 Å². The summed E-state index contributed by atoms with van der Waals surface area (Å²) in [6.07, 6.45) is 8.52. The smallest absolute Gasteiger partial charge is 0.225 e. The highest BCUT2D eigenvalue weighted by atomic mass is 35.5. The molecule has 0 aromatic rings. The van der Waals surface area contributed by atoms with E-state index in [1.54, 1.807) is 0 Å². The van der Waals surface area contributed by atoms with Gasteiger partial charge in [-0.1, -0.05) is 25.7 Å². The van der Waals surface area contributed by atoms with E-state index in [0.29, 0.717) is 11.8 Å². The second-order valence-electron chi connectivity index (χ2n) is 5.12. The number of rotatable bonds is 1. The number of halogens is 1. The van der Waals surface area contributed by atoms with Crippen LogP contribution >= 0.6 is 12.4 Å². The summed E-state index contributed by atoms with van der Waals surface area (Å²) in [5.74, 6) is 0.770. The van der Waals surface area contributed by atoms with Gasteiger partial charge in [0.2, 0.25) is 5.91 Å². The molecule has 1 saturated heterocycles. The van der Waals surface area contributed by atoms with E-state index in [0.717, 1.165) is 45.4 Å². The molecule has 1 saturated carbocycles. The fourth-order valence-corrected chi connectivity index (χ4v) is 2.85. The van der Waals surface area contributed by atoms with Crippen LogP contribution in [0, 0.1) is 5.92 Å². The van der Waals surface area contributed by atoms with E-state index in [1.807, 2.05) is 0 Å². The van der Waals surface area contributed by atoms with Gasteiger partial charge in [-0.05, 0) is 25.8 Å². The van der Waals surface area contributed by atoms with Crippen molar-refractivity contribution < 1.29 is 4.79 Å². The summed E-state index contributed by atoms with van der Waals surface area (Å²) in [4.78, 5) is 14.5. The molecule has 2 aliphatic rings. The minimum Gasteiger partial charge on any atom is -0.341 e. The summed E-state index contributed by atoms with van der Waals surface area (Å²) >= 11 is 0. The van der Waals surface area contributed by atoms with Gasteiger partial charge in [-0.15, -0.1) is 12.4 Å². The lowest BCUT2D eigenvalue weighted by Crippen LogP contribution is -2.38. The zero-order valence-electron chi connectivity index (χ0n) is 10.6. The van der Waals surface area contributed by atoms with Crippen LogP contribution < -0.4 is 5.32 Å². The van der Waals surface area contributed by atoms with E-state index < -0.39 is 0 Å². The Bertz CT molecular complexity index is 197. The fraction of sp³-hybridized carbons (Fsp3) is 0.923. The minimum absolute atomic E-state index is 0. The van der Waals surface area contributed by atoms with Crippen molar-refractivity contribution >= 4 is 18.3 Å². The Morgan fingerprint density at radius 1 is 0.941 bits per heavy atom. The molecule has 0 atom stereocenters. The number of nitrogens with one attached hydrogen (secondary N) is 1. The van der Waals surface area contributed by atoms with Crippen LogP contribution in [-0.2, 0) is 4.79 Å². The molecule has 1 aliphatic carbocycles. The van der Waals surface area contributed by atoms with Crippen LogP contribution in [0.25, 0.3) is 0 Å². The molecule has 2 rings (SSSR count). The molecule has 2 fully saturated rings. The van der Waals surface area contributed by atoms with Gasteiger partial charge in [0, 0.05) is 25.6 Å². The molecule has 17 heavy (non-hydrogen) atoms. The number of carbonyl (C=O) groups is 1. The van der Waals surface area contributed by atoms with Crippen molar-refractivity contribution in [1.82, 2.24) is 10.2 Å². The molecule has 100 valence electrons. The van der Waals surface area contributed by atoms with Gasteiger partial charge in [0.1, 0.15) is 0 Å². The van der Waals surface area contributed by atoms with E-state index in [9.17, 15) is 4.79 Å². The molecule has 0 unspecified atom stereocenters. The largest absolute Gasteiger partial charge is 0.341 e. The van der Waals surface area contributed by atoms with Crippen molar-refractivity contribution in [3.05, 3.63) is 0 Å². The van der Waals surface area contributed by atoms with Crippen LogP contribution in [0.15, 0.2) is 0 Å². The zero-order valence-corrected chi connectivity index (χ0v) is 11.4. The highest BCUT2D eigenvalue weighted by Crippen LogP contribution is 2.24. The minimum atomic E-state index is 0. The quantitative estimate of drug-likeness (QED) is 0.733. The molecule has 1 N–H and O–H groups in total. The maximum atomic E-state index is 12.4. The van der Waals surface area contributed by atoms with E-state index in [1.165, 1.54) is 25.7 Å². The first kappa shape index (κ1) is 14.8. The molecule has 3 nitrogen and oxygen atoms in total. The third kappa shape index (κ3) is 4.47. The molecule has 0 spiro atoms. The lowest BCUT2D eigenvalue weighted by Gasteiger charge is -2.25. The van der Waals surface area contributed by atoms with E-state index in [4.69, 9.17) is 0 Å². The number of amides is 1. The standard InChI is InChI=1S/C13H24N2O.ClH/c16-13(12-6-3-1-2-4-7-12)15-10-5-8-14-9-11-15;/h12,14H,1-11H2;1H. The first-order valence-electron chi connectivity index (χ1n) is 6.87. The van der Waals surface area contributed by atoms with Crippen LogP contribution in [0.3, 0.4) is 0 Å². The molecule has 0 radical (unpaired) electrons. The summed E-state index contributed by atoms with van der Waals surface area (Å²) in [7, 11) is 0. The molecule has 0 aromatic carbocycles. The summed E-state index contributed by atoms with van der Waals surface area (Å²) in [5.41, 5.74) is 0. The van der Waals surface area contributed by atoms with Crippen LogP contribution in [-0.4, -0.2) is 37.0 Å². The van der Waals surface area contributed by atoms with Gasteiger partial charge in [0.25, 0.3) is 0 Å². The van der Waals surface area contributed by atoms with Gasteiger partial charge in [-0.3, -0.25) is 4.79 Å². The van der Waals surface area contributed by atoms with E-state index >= 15 is 0 Å². The summed E-state index contributed by atoms with van der Waals surface area (Å²) < 4.78 is 0. The van der Waals surface area contributed by atoms with Gasteiger partial charge in [0.15, 0.2) is 0 Å². The molecule has 1 aliphatic heterocycles. The third-order valence-electron chi connectivity index (χ3n) is 3.86. The number of carbonyl (C=O) groups excluding carboxylic acids is 1. The second kappa shape index (κ2) is 7.93. The Hall–Kier alpha value is -0.280. The average molecular weight is 261 g/mol. The van der Waals surface area contributed by atoms with Gasteiger partial charge in [-0.2, -0.15) is 0 Å². The number of hydrogen-bond donors (Lipinski definition) is 1. The summed E-state index contributed by atoms with van der Waals surface area (Å²) in [6, 6.07) is 0. The van der Waals surface area contributed by atoms with Crippen LogP contribution in [0.5, 0.6) is 0 Å². The second-order valence-corrected chi connectivity index (χ2v) is 5.12. The monoisotopic (exact) mass is 260 g/mol. The zero-order chi connectivity index (χ0) is 11.2. The topological polar surface area (TPSA) is 32.3 Å². The number of hydrogen-bond acceptors (Lipinski definition) is 2. The molecule has 0 bridgehead atoms. The SMILES string of the molecule is Cl.O=C(C1CCCCCC1)N1CCCNCC1. The van der Waals surface area contributed by atoms with E-state index in [2.05, 4.69) is 10.2 Å². The average Bonchev–Trinajstić information content (AvgIpc) is 2.73. The fourth-order valence-electron chi connectivity index (χ4n) is 2.85. The Kier molecular flexibility index (Phi) is 6.90. The van der Waals surface area contributed by atoms with Crippen LogP contribution in [0.4, 0.5) is 0 Å². The predicted molar refractivity (Wildman–Crippen MR) is 72.5 cm³/mol. The Morgan fingerprint density at radius 2 is 1.65 bits per heavy atom. The molecular formula is C13H25ClN2O. The lowest BCUT2D eigenvalue weighted by molar-refractivity contribution is -0.135. The molecule has 4 heteroatoms. The van der Waals surface area contributed by atoms with Crippen molar-refractivity contribution in [2.24, 2.45) is 5.92 Å². The maximum Gasteiger partial charge on any atom is 0.225 e. The molecule has 1 heterocycles. The molecular weight excluding hydrogens is 236 g/mol. The van der Waals surface area contributed by atoms with Crippen LogP contribution in [0.1, 0.15) is 44.9 Å². The van der Waals surface area contributed by atoms with Gasteiger partial charge in [0.05, 0.1) is 0 Å². The highest BCUT2D eigenvalue weighted by molar-refractivity contribution is 5.85. The highest BCUT2D eigenvalue weighted by Gasteiger charge is 2.25. The van der Waals surface area contributed by atoms with Crippen molar-refractivity contribution in [1.29, 1.82) is 0 Å². The van der Waals surface area contributed by atoms with Gasteiger partial charge < -0.3 is 10.2 Å². The van der Waals surface area contributed by atoms with Crippen molar-refractivity contribution in [3.63, 3.8) is 0 Å². The van der Waals surface area contributed by atoms with Crippen LogP contribution in [0.2, 0.25) is 0 Å². The first-order chi connectivity index (χ1) is 7.88. The number of nitrogens with zero attached hydrogens (tertiary/aromatic N) is 1. The Labute approximate surface area is 111 Å².